The van der Waals surface area contributed by atoms with Gasteiger partial charge in [-0.15, -0.1) is 0 Å². The third-order valence-corrected chi connectivity index (χ3v) is 3.93. The molecule has 2 aromatic carbocycles. The van der Waals surface area contributed by atoms with Gasteiger partial charge in [-0.25, -0.2) is 4.79 Å². The minimum Gasteiger partial charge on any atom is -0.493 e. The van der Waals surface area contributed by atoms with Crippen LogP contribution in [0.3, 0.4) is 0 Å². The summed E-state index contributed by atoms with van der Waals surface area (Å²) in [6.45, 7) is 3.29. The molecule has 1 aromatic heterocycles. The van der Waals surface area contributed by atoms with E-state index in [9.17, 15) is 4.79 Å². The first-order chi connectivity index (χ1) is 10.7. The number of hydrogen-bond donors (Lipinski definition) is 3. The van der Waals surface area contributed by atoms with Gasteiger partial charge in [0.2, 0.25) is 0 Å². The average Bonchev–Trinajstić information content (AvgIpc) is 2.87. The average molecular weight is 362 g/mol. The van der Waals surface area contributed by atoms with Crippen LogP contribution in [0.25, 0.3) is 11.0 Å². The fourth-order valence-corrected chi connectivity index (χ4v) is 2.81. The maximum atomic E-state index is 11.3. The van der Waals surface area contributed by atoms with E-state index in [4.69, 9.17) is 4.74 Å². The second kappa shape index (κ2) is 6.27. The molecule has 0 radical (unpaired) electrons. The summed E-state index contributed by atoms with van der Waals surface area (Å²) in [6, 6.07) is 11.8. The van der Waals surface area contributed by atoms with Gasteiger partial charge in [-0.3, -0.25) is 0 Å². The van der Waals surface area contributed by atoms with Crippen molar-refractivity contribution in [3.63, 3.8) is 0 Å². The highest BCUT2D eigenvalue weighted by molar-refractivity contribution is 9.10. The Labute approximate surface area is 135 Å². The highest BCUT2D eigenvalue weighted by Gasteiger charge is 2.03. The SMILES string of the molecule is CCOc1ccc(CNc2ccc3[nH]c(=O)[nH]c3c2)cc1Br. The molecule has 22 heavy (non-hydrogen) atoms. The molecule has 0 atom stereocenters. The minimum atomic E-state index is -0.192. The van der Waals surface area contributed by atoms with Crippen molar-refractivity contribution in [1.29, 1.82) is 0 Å². The summed E-state index contributed by atoms with van der Waals surface area (Å²) < 4.78 is 6.44. The molecule has 0 aliphatic carbocycles. The maximum absolute atomic E-state index is 11.3. The zero-order valence-electron chi connectivity index (χ0n) is 12.1. The summed E-state index contributed by atoms with van der Waals surface area (Å²) >= 11 is 3.51. The molecule has 0 amide bonds. The Bertz CT molecular complexity index is 854. The molecule has 1 heterocycles. The Kier molecular flexibility index (Phi) is 4.20. The van der Waals surface area contributed by atoms with E-state index >= 15 is 0 Å². The predicted octanol–water partition coefficient (Wildman–Crippen LogP) is 3.63. The number of H-pyrrole nitrogens is 2. The van der Waals surface area contributed by atoms with Crippen LogP contribution in [-0.2, 0) is 6.54 Å². The molecule has 0 bridgehead atoms. The normalized spacial score (nSPS) is 10.8. The Balaban J connectivity index is 1.73. The van der Waals surface area contributed by atoms with Crippen molar-refractivity contribution in [1.82, 2.24) is 9.97 Å². The standard InChI is InChI=1S/C16H16BrN3O2/c1-2-22-15-6-3-10(7-12(15)17)9-18-11-4-5-13-14(8-11)20-16(21)19-13/h3-8,18H,2,9H2,1H3,(H2,19,20,21). The predicted molar refractivity (Wildman–Crippen MR) is 91.6 cm³/mol. The van der Waals surface area contributed by atoms with Crippen LogP contribution in [0.1, 0.15) is 12.5 Å². The van der Waals surface area contributed by atoms with Crippen LogP contribution in [0.4, 0.5) is 5.69 Å². The van der Waals surface area contributed by atoms with Gasteiger partial charge in [0.05, 0.1) is 22.1 Å². The van der Waals surface area contributed by atoms with Crippen LogP contribution in [0, 0.1) is 0 Å². The quantitative estimate of drug-likeness (QED) is 0.649. The Morgan fingerprint density at radius 1 is 1.14 bits per heavy atom. The molecule has 3 N–H and O–H groups in total. The van der Waals surface area contributed by atoms with Gasteiger partial charge < -0.3 is 20.0 Å². The number of anilines is 1. The lowest BCUT2D eigenvalue weighted by atomic mass is 10.2. The molecule has 0 aliphatic heterocycles. The number of hydrogen-bond acceptors (Lipinski definition) is 3. The van der Waals surface area contributed by atoms with Crippen LogP contribution in [0.2, 0.25) is 0 Å². The van der Waals surface area contributed by atoms with Gasteiger partial charge in [-0.1, -0.05) is 6.07 Å². The van der Waals surface area contributed by atoms with E-state index in [0.717, 1.165) is 32.5 Å². The van der Waals surface area contributed by atoms with Gasteiger partial charge in [0.1, 0.15) is 5.75 Å². The number of fused-ring (bicyclic) bond motifs is 1. The molecule has 114 valence electrons. The highest BCUT2D eigenvalue weighted by Crippen LogP contribution is 2.26. The fourth-order valence-electron chi connectivity index (χ4n) is 2.27. The number of ether oxygens (including phenoxy) is 1. The zero-order chi connectivity index (χ0) is 15.5. The van der Waals surface area contributed by atoms with E-state index in [2.05, 4.69) is 31.2 Å². The van der Waals surface area contributed by atoms with Crippen molar-refractivity contribution in [2.45, 2.75) is 13.5 Å². The van der Waals surface area contributed by atoms with E-state index < -0.39 is 0 Å². The second-order valence-corrected chi connectivity index (χ2v) is 5.75. The van der Waals surface area contributed by atoms with Gasteiger partial charge in [-0.2, -0.15) is 0 Å². The Hall–Kier alpha value is -2.21. The topological polar surface area (TPSA) is 69.9 Å². The molecular weight excluding hydrogens is 346 g/mol. The first kappa shape index (κ1) is 14.7. The number of aromatic amines is 2. The van der Waals surface area contributed by atoms with Crippen LogP contribution in [-0.4, -0.2) is 16.6 Å². The zero-order valence-corrected chi connectivity index (χ0v) is 13.7. The molecule has 3 rings (SSSR count). The number of benzene rings is 2. The van der Waals surface area contributed by atoms with Crippen molar-refractivity contribution >= 4 is 32.7 Å². The molecular formula is C16H16BrN3O2. The van der Waals surface area contributed by atoms with Crippen LogP contribution >= 0.6 is 15.9 Å². The molecule has 0 saturated heterocycles. The number of aromatic nitrogens is 2. The van der Waals surface area contributed by atoms with Gasteiger partial charge in [0.25, 0.3) is 0 Å². The monoisotopic (exact) mass is 361 g/mol. The van der Waals surface area contributed by atoms with Gasteiger partial charge >= 0.3 is 5.69 Å². The van der Waals surface area contributed by atoms with Crippen LogP contribution in [0.5, 0.6) is 5.75 Å². The summed E-state index contributed by atoms with van der Waals surface area (Å²) in [5, 5.41) is 3.34. The smallest absolute Gasteiger partial charge is 0.323 e. The van der Waals surface area contributed by atoms with Crippen molar-refractivity contribution in [3.05, 3.63) is 56.9 Å². The van der Waals surface area contributed by atoms with Gasteiger partial charge in [-0.05, 0) is 58.7 Å². The summed E-state index contributed by atoms with van der Waals surface area (Å²) in [5.41, 5.74) is 3.50. The largest absolute Gasteiger partial charge is 0.493 e. The first-order valence-corrected chi connectivity index (χ1v) is 7.82. The van der Waals surface area contributed by atoms with Crippen molar-refractivity contribution in [2.75, 3.05) is 11.9 Å². The molecule has 0 spiro atoms. The molecule has 0 aliphatic rings. The van der Waals surface area contributed by atoms with E-state index in [1.807, 2.05) is 43.3 Å². The van der Waals surface area contributed by atoms with E-state index in [1.165, 1.54) is 0 Å². The van der Waals surface area contributed by atoms with E-state index in [1.54, 1.807) is 0 Å². The van der Waals surface area contributed by atoms with Crippen molar-refractivity contribution in [3.8, 4) is 5.75 Å². The van der Waals surface area contributed by atoms with Crippen molar-refractivity contribution < 1.29 is 4.74 Å². The molecule has 0 saturated carbocycles. The molecule has 3 aromatic rings. The lowest BCUT2D eigenvalue weighted by molar-refractivity contribution is 0.338. The lowest BCUT2D eigenvalue weighted by Gasteiger charge is -2.10. The Morgan fingerprint density at radius 3 is 2.73 bits per heavy atom. The molecule has 5 nitrogen and oxygen atoms in total. The highest BCUT2D eigenvalue weighted by atomic mass is 79.9. The number of halogens is 1. The van der Waals surface area contributed by atoms with Crippen LogP contribution < -0.4 is 15.7 Å². The van der Waals surface area contributed by atoms with E-state index in [0.29, 0.717) is 13.2 Å². The number of imidazole rings is 1. The first-order valence-electron chi connectivity index (χ1n) is 7.03. The second-order valence-electron chi connectivity index (χ2n) is 4.89. The lowest BCUT2D eigenvalue weighted by Crippen LogP contribution is -2.00. The molecule has 6 heteroatoms. The van der Waals surface area contributed by atoms with Crippen LogP contribution in [0.15, 0.2) is 45.7 Å². The third-order valence-electron chi connectivity index (χ3n) is 3.31. The molecule has 0 fully saturated rings. The Morgan fingerprint density at radius 2 is 1.95 bits per heavy atom. The minimum absolute atomic E-state index is 0.192. The summed E-state index contributed by atoms with van der Waals surface area (Å²) in [6.07, 6.45) is 0. The maximum Gasteiger partial charge on any atom is 0.323 e. The third kappa shape index (κ3) is 3.17. The summed E-state index contributed by atoms with van der Waals surface area (Å²) in [4.78, 5) is 16.7. The fraction of sp³-hybridized carbons (Fsp3) is 0.188. The summed E-state index contributed by atoms with van der Waals surface area (Å²) in [7, 11) is 0. The summed E-state index contributed by atoms with van der Waals surface area (Å²) in [5.74, 6) is 0.845. The number of rotatable bonds is 5. The van der Waals surface area contributed by atoms with Crippen molar-refractivity contribution in [2.24, 2.45) is 0 Å². The van der Waals surface area contributed by atoms with E-state index in [-0.39, 0.29) is 5.69 Å². The molecule has 0 unspecified atom stereocenters. The number of nitrogens with one attached hydrogen (secondary N) is 3. The van der Waals surface area contributed by atoms with Gasteiger partial charge in [0.15, 0.2) is 0 Å². The van der Waals surface area contributed by atoms with Gasteiger partial charge in [0, 0.05) is 12.2 Å².